The molecule has 5 heteroatoms. The van der Waals surface area contributed by atoms with Gasteiger partial charge in [-0.3, -0.25) is 9.59 Å². The monoisotopic (exact) mass is 332 g/mol. The number of carbonyl (C=O) groups is 2. The lowest BCUT2D eigenvalue weighted by molar-refractivity contribution is -0.137. The lowest BCUT2D eigenvalue weighted by atomic mass is 9.91. The summed E-state index contributed by atoms with van der Waals surface area (Å²) in [5, 5.41) is 2.94. The molecule has 1 aliphatic heterocycles. The minimum Gasteiger partial charge on any atom is -0.356 e. The van der Waals surface area contributed by atoms with Gasteiger partial charge in [-0.25, -0.2) is 4.39 Å². The predicted molar refractivity (Wildman–Crippen MR) is 89.9 cm³/mol. The first-order chi connectivity index (χ1) is 11.6. The van der Waals surface area contributed by atoms with E-state index in [1.54, 1.807) is 12.1 Å². The van der Waals surface area contributed by atoms with Crippen molar-refractivity contribution in [2.75, 3.05) is 19.6 Å². The van der Waals surface area contributed by atoms with E-state index in [1.165, 1.54) is 12.1 Å². The minimum atomic E-state index is -0.453. The summed E-state index contributed by atoms with van der Waals surface area (Å²) >= 11 is 0. The van der Waals surface area contributed by atoms with Crippen LogP contribution in [0.2, 0.25) is 0 Å². The summed E-state index contributed by atoms with van der Waals surface area (Å²) in [4.78, 5) is 26.9. The Kier molecular flexibility index (Phi) is 4.88. The summed E-state index contributed by atoms with van der Waals surface area (Å²) in [6.45, 7) is 4.01. The van der Waals surface area contributed by atoms with Crippen LogP contribution in [-0.2, 0) is 15.0 Å². The van der Waals surface area contributed by atoms with Crippen molar-refractivity contribution in [3.8, 4) is 0 Å². The molecule has 1 heterocycles. The normalized spacial score (nSPS) is 19.8. The van der Waals surface area contributed by atoms with Gasteiger partial charge in [0.2, 0.25) is 11.8 Å². The molecular weight excluding hydrogens is 307 g/mol. The van der Waals surface area contributed by atoms with Gasteiger partial charge in [0.05, 0.1) is 5.41 Å². The topological polar surface area (TPSA) is 49.4 Å². The number of amides is 2. The van der Waals surface area contributed by atoms with E-state index in [9.17, 15) is 14.0 Å². The number of hydrogen-bond donors (Lipinski definition) is 1. The highest BCUT2D eigenvalue weighted by Crippen LogP contribution is 2.50. The van der Waals surface area contributed by atoms with Gasteiger partial charge in [-0.15, -0.1) is 0 Å². The molecule has 4 nitrogen and oxygen atoms in total. The summed E-state index contributed by atoms with van der Waals surface area (Å²) in [7, 11) is 0. The number of halogens is 1. The SMILES string of the molecule is CCCNC(=O)C1CCN(C(=O)C2(c3ccc(F)cc3)CC2)CC1. The zero-order valence-corrected chi connectivity index (χ0v) is 14.2. The number of hydrogen-bond acceptors (Lipinski definition) is 2. The van der Waals surface area contributed by atoms with E-state index in [2.05, 4.69) is 5.32 Å². The molecule has 0 aromatic heterocycles. The van der Waals surface area contributed by atoms with Crippen LogP contribution in [0.15, 0.2) is 24.3 Å². The number of nitrogens with one attached hydrogen (secondary N) is 1. The van der Waals surface area contributed by atoms with Gasteiger partial charge in [-0.2, -0.15) is 0 Å². The molecule has 1 aromatic carbocycles. The van der Waals surface area contributed by atoms with Crippen LogP contribution < -0.4 is 5.32 Å². The number of piperidine rings is 1. The Hall–Kier alpha value is -1.91. The molecule has 3 rings (SSSR count). The zero-order valence-electron chi connectivity index (χ0n) is 14.2. The summed E-state index contributed by atoms with van der Waals surface area (Å²) < 4.78 is 13.1. The summed E-state index contributed by atoms with van der Waals surface area (Å²) in [5.74, 6) is -0.00683. The standard InChI is InChI=1S/C19H25FN2O2/c1-2-11-21-17(23)14-7-12-22(13-8-14)18(24)19(9-10-19)15-3-5-16(20)6-4-15/h3-6,14H,2,7-13H2,1H3,(H,21,23). The molecule has 0 bridgehead atoms. The number of carbonyl (C=O) groups excluding carboxylic acids is 2. The maximum Gasteiger partial charge on any atom is 0.233 e. The van der Waals surface area contributed by atoms with Crippen molar-refractivity contribution in [2.45, 2.75) is 44.4 Å². The van der Waals surface area contributed by atoms with Crippen LogP contribution in [0, 0.1) is 11.7 Å². The second-order valence-electron chi connectivity index (χ2n) is 6.95. The Balaban J connectivity index is 1.59. The molecule has 2 fully saturated rings. The fourth-order valence-electron chi connectivity index (χ4n) is 3.56. The van der Waals surface area contributed by atoms with E-state index in [4.69, 9.17) is 0 Å². The second kappa shape index (κ2) is 6.91. The smallest absolute Gasteiger partial charge is 0.233 e. The average Bonchev–Trinajstić information content (AvgIpc) is 3.41. The molecule has 1 saturated carbocycles. The first-order valence-corrected chi connectivity index (χ1v) is 8.90. The van der Waals surface area contributed by atoms with Crippen molar-refractivity contribution in [2.24, 2.45) is 5.92 Å². The molecule has 0 spiro atoms. The van der Waals surface area contributed by atoms with Crippen LogP contribution in [0.3, 0.4) is 0 Å². The first-order valence-electron chi connectivity index (χ1n) is 8.90. The zero-order chi connectivity index (χ0) is 17.2. The minimum absolute atomic E-state index is 0.0153. The van der Waals surface area contributed by atoms with Crippen molar-refractivity contribution in [3.63, 3.8) is 0 Å². The van der Waals surface area contributed by atoms with Gasteiger partial charge in [-0.05, 0) is 49.8 Å². The highest BCUT2D eigenvalue weighted by molar-refractivity contribution is 5.91. The van der Waals surface area contributed by atoms with Crippen molar-refractivity contribution in [1.82, 2.24) is 10.2 Å². The van der Waals surface area contributed by atoms with E-state index in [0.717, 1.165) is 37.7 Å². The predicted octanol–water partition coefficient (Wildman–Crippen LogP) is 2.62. The molecule has 1 aliphatic carbocycles. The van der Waals surface area contributed by atoms with Crippen molar-refractivity contribution in [3.05, 3.63) is 35.6 Å². The van der Waals surface area contributed by atoms with E-state index >= 15 is 0 Å². The lowest BCUT2D eigenvalue weighted by Gasteiger charge is -2.34. The second-order valence-corrected chi connectivity index (χ2v) is 6.95. The first kappa shape index (κ1) is 16.9. The van der Waals surface area contributed by atoms with Gasteiger partial charge < -0.3 is 10.2 Å². The largest absolute Gasteiger partial charge is 0.356 e. The van der Waals surface area contributed by atoms with Gasteiger partial charge in [0, 0.05) is 25.6 Å². The van der Waals surface area contributed by atoms with Crippen LogP contribution >= 0.6 is 0 Å². The summed E-state index contributed by atoms with van der Waals surface area (Å²) in [5.41, 5.74) is 0.460. The average molecular weight is 332 g/mol. The van der Waals surface area contributed by atoms with Crippen molar-refractivity contribution >= 4 is 11.8 Å². The fourth-order valence-corrected chi connectivity index (χ4v) is 3.56. The van der Waals surface area contributed by atoms with E-state index in [0.29, 0.717) is 19.6 Å². The Morgan fingerprint density at radius 3 is 2.38 bits per heavy atom. The Morgan fingerprint density at radius 2 is 1.83 bits per heavy atom. The van der Waals surface area contributed by atoms with Crippen LogP contribution in [0.5, 0.6) is 0 Å². The third kappa shape index (κ3) is 3.30. The highest BCUT2D eigenvalue weighted by atomic mass is 19.1. The van der Waals surface area contributed by atoms with Gasteiger partial charge in [0.15, 0.2) is 0 Å². The Labute approximate surface area is 142 Å². The Bertz CT molecular complexity index is 602. The molecular formula is C19H25FN2O2. The molecule has 24 heavy (non-hydrogen) atoms. The number of rotatable bonds is 5. The van der Waals surface area contributed by atoms with Gasteiger partial charge in [0.25, 0.3) is 0 Å². The van der Waals surface area contributed by atoms with E-state index in [-0.39, 0.29) is 23.5 Å². The quantitative estimate of drug-likeness (QED) is 0.901. The maximum absolute atomic E-state index is 13.1. The maximum atomic E-state index is 13.1. The van der Waals surface area contributed by atoms with Crippen LogP contribution in [0.1, 0.15) is 44.6 Å². The number of likely N-dealkylation sites (tertiary alicyclic amines) is 1. The lowest BCUT2D eigenvalue weighted by Crippen LogP contribution is -2.46. The molecule has 0 radical (unpaired) electrons. The third-order valence-corrected chi connectivity index (χ3v) is 5.26. The van der Waals surface area contributed by atoms with E-state index in [1.807, 2.05) is 11.8 Å². The van der Waals surface area contributed by atoms with Crippen LogP contribution in [0.4, 0.5) is 4.39 Å². The third-order valence-electron chi connectivity index (χ3n) is 5.26. The van der Waals surface area contributed by atoms with Crippen molar-refractivity contribution in [1.29, 1.82) is 0 Å². The van der Waals surface area contributed by atoms with Crippen LogP contribution in [0.25, 0.3) is 0 Å². The highest BCUT2D eigenvalue weighted by Gasteiger charge is 2.53. The molecule has 1 aromatic rings. The number of benzene rings is 1. The van der Waals surface area contributed by atoms with E-state index < -0.39 is 5.41 Å². The molecule has 0 atom stereocenters. The van der Waals surface area contributed by atoms with Gasteiger partial charge in [-0.1, -0.05) is 19.1 Å². The van der Waals surface area contributed by atoms with Crippen LogP contribution in [-0.4, -0.2) is 36.3 Å². The fraction of sp³-hybridized carbons (Fsp3) is 0.579. The summed E-state index contributed by atoms with van der Waals surface area (Å²) in [6.07, 6.45) is 4.04. The molecule has 1 N–H and O–H groups in total. The Morgan fingerprint density at radius 1 is 1.21 bits per heavy atom. The molecule has 2 aliphatic rings. The molecule has 130 valence electrons. The number of nitrogens with zero attached hydrogens (tertiary/aromatic N) is 1. The van der Waals surface area contributed by atoms with Gasteiger partial charge in [0.1, 0.15) is 5.82 Å². The molecule has 1 saturated heterocycles. The molecule has 2 amide bonds. The van der Waals surface area contributed by atoms with Gasteiger partial charge >= 0.3 is 0 Å². The van der Waals surface area contributed by atoms with Crippen molar-refractivity contribution < 1.29 is 14.0 Å². The molecule has 0 unspecified atom stereocenters. The summed E-state index contributed by atoms with van der Waals surface area (Å²) in [6, 6.07) is 6.30.